The Morgan fingerprint density at radius 3 is 2.30 bits per heavy atom. The largest absolute Gasteiger partial charge is 0.338 e. The minimum atomic E-state index is -2.01. The highest BCUT2D eigenvalue weighted by Gasteiger charge is 2.10. The molecule has 0 amide bonds. The van der Waals surface area contributed by atoms with Gasteiger partial charge in [-0.05, 0) is 11.2 Å². The van der Waals surface area contributed by atoms with Crippen LogP contribution in [0.15, 0.2) is 0 Å². The second-order valence-corrected chi connectivity index (χ2v) is 3.27. The lowest BCUT2D eigenvalue weighted by molar-refractivity contribution is 0.190. The van der Waals surface area contributed by atoms with Crippen molar-refractivity contribution in [1.29, 1.82) is 0 Å². The molecule has 0 rings (SSSR count). The molecule has 0 fully saturated rings. The fourth-order valence-electron chi connectivity index (χ4n) is 0.297. The summed E-state index contributed by atoms with van der Waals surface area (Å²) in [5, 5.41) is 0. The Morgan fingerprint density at radius 1 is 1.50 bits per heavy atom. The van der Waals surface area contributed by atoms with E-state index < -0.39 is 27.0 Å². The van der Waals surface area contributed by atoms with Crippen LogP contribution in [0.4, 0.5) is 8.78 Å². The van der Waals surface area contributed by atoms with Crippen LogP contribution in [0.1, 0.15) is 0 Å². The van der Waals surface area contributed by atoms with Crippen molar-refractivity contribution in [2.45, 2.75) is 0 Å². The molecule has 0 radical (unpaired) electrons. The van der Waals surface area contributed by atoms with E-state index in [1.165, 1.54) is 0 Å². The highest BCUT2D eigenvalue weighted by molar-refractivity contribution is 7.75. The van der Waals surface area contributed by atoms with E-state index in [1.54, 1.807) is 0 Å². The van der Waals surface area contributed by atoms with Crippen LogP contribution in [0.25, 0.3) is 0 Å². The first-order valence-corrected chi connectivity index (χ1v) is 4.72. The Balaban J connectivity index is 3.26. The normalized spacial score (nSPS) is 14.1. The zero-order chi connectivity index (χ0) is 7.98. The molecule has 0 aliphatic heterocycles. The molecular formula is C4H8ClF2O2P. The number of alkyl halides is 2. The summed E-state index contributed by atoms with van der Waals surface area (Å²) in [5.41, 5.74) is 0. The van der Waals surface area contributed by atoms with Gasteiger partial charge in [0.1, 0.15) is 0 Å². The zero-order valence-corrected chi connectivity index (χ0v) is 6.79. The summed E-state index contributed by atoms with van der Waals surface area (Å²) in [6, 6.07) is 0. The van der Waals surface area contributed by atoms with Crippen LogP contribution in [0, 0.1) is 5.92 Å². The summed E-state index contributed by atoms with van der Waals surface area (Å²) in [7, 11) is -2.01. The van der Waals surface area contributed by atoms with Crippen molar-refractivity contribution < 1.29 is 18.2 Å². The minimum absolute atomic E-state index is 0.168. The molecule has 1 atom stereocenters. The van der Waals surface area contributed by atoms with Gasteiger partial charge in [0.15, 0.2) is 0 Å². The first-order chi connectivity index (χ1) is 4.70. The highest BCUT2D eigenvalue weighted by atomic mass is 35.7. The predicted molar refractivity (Wildman–Crippen MR) is 36.4 cm³/mol. The zero-order valence-electron chi connectivity index (χ0n) is 5.14. The fourth-order valence-corrected chi connectivity index (χ4v) is 0.800. The Hall–Kier alpha value is 0.500. The molecule has 0 aromatic carbocycles. The van der Waals surface area contributed by atoms with E-state index >= 15 is 0 Å². The number of hydrogen-bond acceptors (Lipinski definition) is 2. The molecule has 0 spiro atoms. The number of hydrogen-bond donors (Lipinski definition) is 1. The van der Waals surface area contributed by atoms with E-state index in [9.17, 15) is 8.78 Å². The standard InChI is InChI=1S/C4H8ClF2O2P/c5-10(8)9-3-4(1-6)2-7/h4,8H,1-3H2. The summed E-state index contributed by atoms with van der Waals surface area (Å²) in [6.45, 7) is -1.76. The van der Waals surface area contributed by atoms with Gasteiger partial charge in [0.05, 0.1) is 20.0 Å². The summed E-state index contributed by atoms with van der Waals surface area (Å²) < 4.78 is 27.7. The van der Waals surface area contributed by atoms with E-state index in [1.807, 2.05) is 0 Å². The predicted octanol–water partition coefficient (Wildman–Crippen LogP) is 2.02. The third-order valence-corrected chi connectivity index (χ3v) is 1.51. The van der Waals surface area contributed by atoms with Crippen LogP contribution in [0.5, 0.6) is 0 Å². The molecule has 62 valence electrons. The summed E-state index contributed by atoms with van der Waals surface area (Å²) in [5.74, 6) is -0.795. The van der Waals surface area contributed by atoms with Crippen molar-refractivity contribution in [2.75, 3.05) is 20.0 Å². The van der Waals surface area contributed by atoms with Gasteiger partial charge in [0, 0.05) is 5.92 Å². The Morgan fingerprint density at radius 2 is 2.00 bits per heavy atom. The van der Waals surface area contributed by atoms with Gasteiger partial charge >= 0.3 is 0 Å². The summed E-state index contributed by atoms with van der Waals surface area (Å²) >= 11 is 4.99. The van der Waals surface area contributed by atoms with Gasteiger partial charge in [-0.15, -0.1) is 0 Å². The molecule has 0 aromatic rings. The Kier molecular flexibility index (Phi) is 6.54. The maximum atomic E-state index is 11.7. The van der Waals surface area contributed by atoms with Gasteiger partial charge in [-0.1, -0.05) is 0 Å². The average molecular weight is 193 g/mol. The van der Waals surface area contributed by atoms with E-state index in [0.717, 1.165) is 0 Å². The Labute approximate surface area is 63.8 Å². The van der Waals surface area contributed by atoms with Gasteiger partial charge in [-0.3, -0.25) is 8.78 Å². The van der Waals surface area contributed by atoms with Crippen molar-refractivity contribution >= 4 is 19.0 Å². The molecule has 0 aliphatic carbocycles. The quantitative estimate of drug-likeness (QED) is 0.676. The Bertz CT molecular complexity index is 81.7. The van der Waals surface area contributed by atoms with E-state index in [-0.39, 0.29) is 6.61 Å². The van der Waals surface area contributed by atoms with Crippen molar-refractivity contribution in [3.63, 3.8) is 0 Å². The SMILES string of the molecule is OP(Cl)OCC(CF)CF. The first-order valence-electron chi connectivity index (χ1n) is 2.60. The maximum Gasteiger partial charge on any atom is 0.274 e. The summed E-state index contributed by atoms with van der Waals surface area (Å²) in [4.78, 5) is 8.36. The molecular weight excluding hydrogens is 184 g/mol. The molecule has 6 heteroatoms. The fraction of sp³-hybridized carbons (Fsp3) is 1.00. The highest BCUT2D eigenvalue weighted by Crippen LogP contribution is 2.37. The summed E-state index contributed by atoms with van der Waals surface area (Å²) in [6.07, 6.45) is 0. The van der Waals surface area contributed by atoms with Crippen LogP contribution in [-0.4, -0.2) is 24.8 Å². The van der Waals surface area contributed by atoms with Crippen molar-refractivity contribution in [3.8, 4) is 0 Å². The van der Waals surface area contributed by atoms with E-state index in [0.29, 0.717) is 0 Å². The van der Waals surface area contributed by atoms with E-state index in [2.05, 4.69) is 4.52 Å². The molecule has 0 aromatic heterocycles. The minimum Gasteiger partial charge on any atom is -0.338 e. The van der Waals surface area contributed by atoms with Crippen LogP contribution in [0.3, 0.4) is 0 Å². The molecule has 10 heavy (non-hydrogen) atoms. The van der Waals surface area contributed by atoms with Crippen molar-refractivity contribution in [2.24, 2.45) is 5.92 Å². The average Bonchev–Trinajstić information content (AvgIpc) is 1.90. The first kappa shape index (κ1) is 10.5. The molecule has 1 N–H and O–H groups in total. The third-order valence-electron chi connectivity index (χ3n) is 0.853. The monoisotopic (exact) mass is 192 g/mol. The smallest absolute Gasteiger partial charge is 0.274 e. The van der Waals surface area contributed by atoms with Gasteiger partial charge in [-0.2, -0.15) is 0 Å². The van der Waals surface area contributed by atoms with Crippen LogP contribution in [-0.2, 0) is 4.52 Å². The second-order valence-electron chi connectivity index (χ2n) is 1.70. The van der Waals surface area contributed by atoms with E-state index in [4.69, 9.17) is 16.1 Å². The number of halogens is 3. The van der Waals surface area contributed by atoms with Gasteiger partial charge in [-0.25, -0.2) is 0 Å². The lowest BCUT2D eigenvalue weighted by Gasteiger charge is -2.08. The maximum absolute atomic E-state index is 11.7. The lowest BCUT2D eigenvalue weighted by Crippen LogP contribution is -2.11. The molecule has 2 nitrogen and oxygen atoms in total. The van der Waals surface area contributed by atoms with Crippen LogP contribution < -0.4 is 0 Å². The second kappa shape index (κ2) is 6.23. The number of rotatable bonds is 5. The van der Waals surface area contributed by atoms with Gasteiger partial charge in [0.2, 0.25) is 0 Å². The van der Waals surface area contributed by atoms with Crippen molar-refractivity contribution in [1.82, 2.24) is 0 Å². The molecule has 0 aliphatic rings. The van der Waals surface area contributed by atoms with Gasteiger partial charge in [0.25, 0.3) is 7.73 Å². The molecule has 0 saturated heterocycles. The third kappa shape index (κ3) is 5.30. The molecule has 0 bridgehead atoms. The molecule has 1 unspecified atom stereocenters. The molecule has 0 heterocycles. The van der Waals surface area contributed by atoms with Gasteiger partial charge < -0.3 is 9.42 Å². The van der Waals surface area contributed by atoms with Crippen LogP contribution in [0.2, 0.25) is 0 Å². The molecule has 0 saturated carbocycles. The van der Waals surface area contributed by atoms with Crippen molar-refractivity contribution in [3.05, 3.63) is 0 Å². The lowest BCUT2D eigenvalue weighted by atomic mass is 10.2. The topological polar surface area (TPSA) is 29.5 Å². The van der Waals surface area contributed by atoms with Crippen LogP contribution >= 0.6 is 19.0 Å².